The van der Waals surface area contributed by atoms with Gasteiger partial charge in [0.1, 0.15) is 5.82 Å². The number of anilines is 1. The van der Waals surface area contributed by atoms with Crippen molar-refractivity contribution in [3.05, 3.63) is 29.6 Å². The molecule has 0 spiro atoms. The fourth-order valence-corrected chi connectivity index (χ4v) is 1.75. The maximum Gasteiger partial charge on any atom is 0.123 e. The molecule has 76 valence electrons. The van der Waals surface area contributed by atoms with Crippen molar-refractivity contribution in [1.29, 1.82) is 0 Å². The third-order valence-electron chi connectivity index (χ3n) is 2.90. The molecule has 0 unspecified atom stereocenters. The van der Waals surface area contributed by atoms with Gasteiger partial charge in [0.15, 0.2) is 0 Å². The fraction of sp³-hybridized carbons (Fsp3) is 0.500. The van der Waals surface area contributed by atoms with E-state index in [4.69, 9.17) is 0 Å². The second kappa shape index (κ2) is 3.60. The summed E-state index contributed by atoms with van der Waals surface area (Å²) >= 11 is 0. The van der Waals surface area contributed by atoms with Gasteiger partial charge in [-0.1, -0.05) is 0 Å². The molecule has 1 atom stereocenters. The minimum Gasteiger partial charge on any atom is -0.382 e. The molecule has 0 heterocycles. The van der Waals surface area contributed by atoms with E-state index in [1.54, 1.807) is 6.07 Å². The molecular weight excluding hydrogens is 177 g/mol. The van der Waals surface area contributed by atoms with E-state index in [0.717, 1.165) is 17.2 Å². The van der Waals surface area contributed by atoms with Crippen LogP contribution in [0.5, 0.6) is 0 Å². The van der Waals surface area contributed by atoms with Crippen LogP contribution in [-0.2, 0) is 0 Å². The molecule has 2 heteroatoms. The quantitative estimate of drug-likeness (QED) is 0.776. The molecule has 0 radical (unpaired) electrons. The van der Waals surface area contributed by atoms with E-state index < -0.39 is 0 Å². The molecular formula is C12H16FN. The summed E-state index contributed by atoms with van der Waals surface area (Å²) < 4.78 is 12.8. The summed E-state index contributed by atoms with van der Waals surface area (Å²) in [6.45, 7) is 4.13. The maximum atomic E-state index is 12.8. The van der Waals surface area contributed by atoms with Gasteiger partial charge in [0.2, 0.25) is 0 Å². The van der Waals surface area contributed by atoms with Gasteiger partial charge >= 0.3 is 0 Å². The average Bonchev–Trinajstić information content (AvgIpc) is 2.92. The summed E-state index contributed by atoms with van der Waals surface area (Å²) in [6, 6.07) is 5.42. The zero-order valence-electron chi connectivity index (χ0n) is 8.68. The van der Waals surface area contributed by atoms with Crippen LogP contribution in [0.3, 0.4) is 0 Å². The average molecular weight is 193 g/mol. The second-order valence-electron chi connectivity index (χ2n) is 4.23. The molecule has 1 fully saturated rings. The molecule has 0 saturated heterocycles. The van der Waals surface area contributed by atoms with Crippen molar-refractivity contribution in [2.24, 2.45) is 5.92 Å². The minimum absolute atomic E-state index is 0.160. The zero-order chi connectivity index (χ0) is 10.1. The maximum absolute atomic E-state index is 12.8. The van der Waals surface area contributed by atoms with Crippen LogP contribution in [0.1, 0.15) is 25.3 Å². The van der Waals surface area contributed by atoms with E-state index in [0.29, 0.717) is 6.04 Å². The Morgan fingerprint density at radius 1 is 1.43 bits per heavy atom. The Labute approximate surface area is 84.3 Å². The van der Waals surface area contributed by atoms with Crippen LogP contribution in [0.4, 0.5) is 10.1 Å². The highest BCUT2D eigenvalue weighted by molar-refractivity contribution is 5.51. The molecule has 1 aromatic carbocycles. The minimum atomic E-state index is -0.160. The standard InChI is InChI=1S/C12H16FN/c1-8-7-11(13)5-6-12(8)14-9(2)10-3-4-10/h5-7,9-10,14H,3-4H2,1-2H3/t9-/m0/s1. The second-order valence-corrected chi connectivity index (χ2v) is 4.23. The Morgan fingerprint density at radius 2 is 2.14 bits per heavy atom. The Kier molecular flexibility index (Phi) is 2.44. The molecule has 0 amide bonds. The van der Waals surface area contributed by atoms with Gasteiger partial charge < -0.3 is 5.32 Å². The molecule has 0 aliphatic heterocycles. The monoisotopic (exact) mass is 193 g/mol. The van der Waals surface area contributed by atoms with Crippen LogP contribution in [0.2, 0.25) is 0 Å². The number of hydrogen-bond donors (Lipinski definition) is 1. The molecule has 1 aromatic rings. The first kappa shape index (κ1) is 9.50. The SMILES string of the molecule is Cc1cc(F)ccc1N[C@@H](C)C1CC1. The molecule has 0 bridgehead atoms. The van der Waals surface area contributed by atoms with Gasteiger partial charge in [-0.3, -0.25) is 0 Å². The largest absolute Gasteiger partial charge is 0.382 e. The van der Waals surface area contributed by atoms with E-state index in [1.807, 2.05) is 13.0 Å². The Balaban J connectivity index is 2.07. The molecule has 1 N–H and O–H groups in total. The molecule has 2 rings (SSSR count). The third kappa shape index (κ3) is 2.06. The number of hydrogen-bond acceptors (Lipinski definition) is 1. The lowest BCUT2D eigenvalue weighted by atomic mass is 10.1. The van der Waals surface area contributed by atoms with Gasteiger partial charge in [-0.2, -0.15) is 0 Å². The van der Waals surface area contributed by atoms with E-state index >= 15 is 0 Å². The van der Waals surface area contributed by atoms with Crippen molar-refractivity contribution in [3.63, 3.8) is 0 Å². The van der Waals surface area contributed by atoms with Crippen molar-refractivity contribution in [1.82, 2.24) is 0 Å². The van der Waals surface area contributed by atoms with Gasteiger partial charge in [0.05, 0.1) is 0 Å². The van der Waals surface area contributed by atoms with Crippen LogP contribution in [0.15, 0.2) is 18.2 Å². The number of benzene rings is 1. The molecule has 14 heavy (non-hydrogen) atoms. The van der Waals surface area contributed by atoms with Gasteiger partial charge in [-0.05, 0) is 56.4 Å². The smallest absolute Gasteiger partial charge is 0.123 e. The summed E-state index contributed by atoms with van der Waals surface area (Å²) in [4.78, 5) is 0. The van der Waals surface area contributed by atoms with Crippen LogP contribution in [0.25, 0.3) is 0 Å². The molecule has 1 aliphatic rings. The number of halogens is 1. The summed E-state index contributed by atoms with van der Waals surface area (Å²) in [6.07, 6.45) is 2.66. The fourth-order valence-electron chi connectivity index (χ4n) is 1.75. The van der Waals surface area contributed by atoms with Crippen LogP contribution < -0.4 is 5.32 Å². The summed E-state index contributed by atoms with van der Waals surface area (Å²) in [7, 11) is 0. The predicted molar refractivity (Wildman–Crippen MR) is 56.9 cm³/mol. The van der Waals surface area contributed by atoms with E-state index in [9.17, 15) is 4.39 Å². The van der Waals surface area contributed by atoms with Crippen LogP contribution in [0, 0.1) is 18.7 Å². The number of aryl methyl sites for hydroxylation is 1. The first-order chi connectivity index (χ1) is 6.66. The van der Waals surface area contributed by atoms with E-state index in [1.165, 1.54) is 18.9 Å². The van der Waals surface area contributed by atoms with Crippen LogP contribution in [-0.4, -0.2) is 6.04 Å². The lowest BCUT2D eigenvalue weighted by molar-refractivity contribution is 0.626. The lowest BCUT2D eigenvalue weighted by Gasteiger charge is -2.16. The van der Waals surface area contributed by atoms with E-state index in [2.05, 4.69) is 12.2 Å². The summed E-state index contributed by atoms with van der Waals surface area (Å²) in [5.41, 5.74) is 2.04. The topological polar surface area (TPSA) is 12.0 Å². The van der Waals surface area contributed by atoms with Crippen LogP contribution >= 0.6 is 0 Å². The molecule has 1 aliphatic carbocycles. The van der Waals surface area contributed by atoms with Gasteiger partial charge in [-0.25, -0.2) is 4.39 Å². The van der Waals surface area contributed by atoms with Gasteiger partial charge in [0.25, 0.3) is 0 Å². The highest BCUT2D eigenvalue weighted by Crippen LogP contribution is 2.34. The number of nitrogens with one attached hydrogen (secondary N) is 1. The Morgan fingerprint density at radius 3 is 2.71 bits per heavy atom. The van der Waals surface area contributed by atoms with Crippen molar-refractivity contribution < 1.29 is 4.39 Å². The van der Waals surface area contributed by atoms with Crippen molar-refractivity contribution >= 4 is 5.69 Å². The highest BCUT2D eigenvalue weighted by atomic mass is 19.1. The first-order valence-electron chi connectivity index (χ1n) is 5.19. The Hall–Kier alpha value is -1.05. The molecule has 1 nitrogen and oxygen atoms in total. The van der Waals surface area contributed by atoms with Gasteiger partial charge in [0, 0.05) is 11.7 Å². The molecule has 0 aromatic heterocycles. The lowest BCUT2D eigenvalue weighted by Crippen LogP contribution is -2.17. The Bertz CT molecular complexity index is 331. The molecule has 1 saturated carbocycles. The third-order valence-corrected chi connectivity index (χ3v) is 2.90. The normalized spacial score (nSPS) is 17.9. The number of rotatable bonds is 3. The van der Waals surface area contributed by atoms with E-state index in [-0.39, 0.29) is 5.82 Å². The van der Waals surface area contributed by atoms with Crippen molar-refractivity contribution in [2.45, 2.75) is 32.7 Å². The summed E-state index contributed by atoms with van der Waals surface area (Å²) in [5.74, 6) is 0.659. The zero-order valence-corrected chi connectivity index (χ0v) is 8.68. The highest BCUT2D eigenvalue weighted by Gasteiger charge is 2.27. The predicted octanol–water partition coefficient (Wildman–Crippen LogP) is 3.34. The van der Waals surface area contributed by atoms with Crippen molar-refractivity contribution in [2.75, 3.05) is 5.32 Å². The summed E-state index contributed by atoms with van der Waals surface area (Å²) in [5, 5.41) is 3.43. The van der Waals surface area contributed by atoms with Crippen molar-refractivity contribution in [3.8, 4) is 0 Å². The first-order valence-corrected chi connectivity index (χ1v) is 5.19. The van der Waals surface area contributed by atoms with Gasteiger partial charge in [-0.15, -0.1) is 0 Å².